The third-order valence-electron chi connectivity index (χ3n) is 3.72. The molecule has 1 aromatic rings. The smallest absolute Gasteiger partial charge is 0.245 e. The molecule has 1 fully saturated rings. The van der Waals surface area contributed by atoms with E-state index < -0.39 is 18.8 Å². The van der Waals surface area contributed by atoms with Crippen molar-refractivity contribution in [2.75, 3.05) is 19.7 Å². The third kappa shape index (κ3) is 3.58. The Morgan fingerprint density at radius 3 is 2.68 bits per heavy atom. The van der Waals surface area contributed by atoms with Gasteiger partial charge in [-0.15, -0.1) is 0 Å². The molecule has 6 nitrogen and oxygen atoms in total. The number of amides is 2. The molecule has 1 saturated heterocycles. The molecule has 2 amide bonds. The lowest BCUT2D eigenvalue weighted by atomic mass is 10.1. The Morgan fingerprint density at radius 2 is 2.05 bits per heavy atom. The predicted molar refractivity (Wildman–Crippen MR) is 81.1 cm³/mol. The highest BCUT2D eigenvalue weighted by molar-refractivity contribution is 6.31. The van der Waals surface area contributed by atoms with Crippen LogP contribution in [-0.4, -0.2) is 63.7 Å². The summed E-state index contributed by atoms with van der Waals surface area (Å²) in [5, 5.41) is 18.9. The number of aliphatic hydroxyl groups excluding tert-OH is 2. The number of carbonyl (C=O) groups excluding carboxylic acids is 2. The van der Waals surface area contributed by atoms with E-state index in [0.717, 1.165) is 5.56 Å². The van der Waals surface area contributed by atoms with Crippen LogP contribution in [0.3, 0.4) is 0 Å². The molecule has 1 heterocycles. The summed E-state index contributed by atoms with van der Waals surface area (Å²) in [7, 11) is 0. The molecule has 0 radical (unpaired) electrons. The number of piperazine rings is 1. The van der Waals surface area contributed by atoms with E-state index in [4.69, 9.17) is 16.7 Å². The van der Waals surface area contributed by atoms with Gasteiger partial charge in [-0.25, -0.2) is 0 Å². The van der Waals surface area contributed by atoms with Gasteiger partial charge in [0.1, 0.15) is 12.6 Å². The highest BCUT2D eigenvalue weighted by atomic mass is 35.5. The fourth-order valence-electron chi connectivity index (χ4n) is 2.46. The number of halogens is 1. The number of nitrogens with zero attached hydrogens (tertiary/aromatic N) is 2. The molecule has 0 unspecified atom stereocenters. The van der Waals surface area contributed by atoms with Gasteiger partial charge in [-0.3, -0.25) is 9.59 Å². The van der Waals surface area contributed by atoms with Crippen molar-refractivity contribution in [2.24, 2.45) is 0 Å². The van der Waals surface area contributed by atoms with Crippen LogP contribution in [0.2, 0.25) is 5.02 Å². The van der Waals surface area contributed by atoms with Gasteiger partial charge >= 0.3 is 0 Å². The molecule has 0 saturated carbocycles. The Balaban J connectivity index is 2.10. The zero-order valence-electron chi connectivity index (χ0n) is 12.3. The third-order valence-corrected chi connectivity index (χ3v) is 4.09. The topological polar surface area (TPSA) is 81.1 Å². The molecule has 0 bridgehead atoms. The van der Waals surface area contributed by atoms with Gasteiger partial charge in [0.05, 0.1) is 12.7 Å². The Kier molecular flexibility index (Phi) is 5.39. The molecule has 1 aromatic carbocycles. The Labute approximate surface area is 133 Å². The largest absolute Gasteiger partial charge is 0.394 e. The lowest BCUT2D eigenvalue weighted by molar-refractivity contribution is -0.157. The molecular formula is C15H19ClN2O4. The van der Waals surface area contributed by atoms with Crippen LogP contribution < -0.4 is 0 Å². The molecule has 0 aromatic heterocycles. The molecule has 2 atom stereocenters. The highest BCUT2D eigenvalue weighted by Gasteiger charge is 2.37. The van der Waals surface area contributed by atoms with E-state index in [1.807, 2.05) is 12.1 Å². The van der Waals surface area contributed by atoms with Crippen LogP contribution >= 0.6 is 11.6 Å². The summed E-state index contributed by atoms with van der Waals surface area (Å²) in [6.07, 6.45) is -1.05. The van der Waals surface area contributed by atoms with Gasteiger partial charge in [0.2, 0.25) is 11.8 Å². The van der Waals surface area contributed by atoms with Gasteiger partial charge in [-0.05, 0) is 18.6 Å². The number of hydrogen-bond acceptors (Lipinski definition) is 4. The van der Waals surface area contributed by atoms with Gasteiger partial charge in [-0.1, -0.05) is 29.8 Å². The van der Waals surface area contributed by atoms with Gasteiger partial charge in [0, 0.05) is 18.1 Å². The van der Waals surface area contributed by atoms with E-state index >= 15 is 0 Å². The molecule has 120 valence electrons. The second kappa shape index (κ2) is 7.09. The Morgan fingerprint density at radius 1 is 1.36 bits per heavy atom. The summed E-state index contributed by atoms with van der Waals surface area (Å²) in [5.41, 5.74) is 0.779. The van der Waals surface area contributed by atoms with Gasteiger partial charge in [0.15, 0.2) is 0 Å². The maximum absolute atomic E-state index is 12.4. The van der Waals surface area contributed by atoms with E-state index in [1.54, 1.807) is 19.1 Å². The monoisotopic (exact) mass is 326 g/mol. The first-order valence-corrected chi connectivity index (χ1v) is 7.42. The molecule has 22 heavy (non-hydrogen) atoms. The first kappa shape index (κ1) is 16.7. The van der Waals surface area contributed by atoms with E-state index in [-0.39, 0.29) is 31.4 Å². The summed E-state index contributed by atoms with van der Waals surface area (Å²) in [6, 6.07) is 6.50. The SMILES string of the molecule is C[C@H]1C(=O)N(Cc2ccccc2Cl)CC(=O)N1C[C@H](O)CO. The summed E-state index contributed by atoms with van der Waals surface area (Å²) in [6.45, 7) is 1.32. The molecule has 7 heteroatoms. The van der Waals surface area contributed by atoms with Crippen molar-refractivity contribution in [1.82, 2.24) is 9.80 Å². The van der Waals surface area contributed by atoms with Crippen molar-refractivity contribution in [2.45, 2.75) is 25.6 Å². The van der Waals surface area contributed by atoms with E-state index in [2.05, 4.69) is 0 Å². The lowest BCUT2D eigenvalue weighted by Gasteiger charge is -2.39. The maximum Gasteiger partial charge on any atom is 0.245 e. The minimum Gasteiger partial charge on any atom is -0.394 e. The average molecular weight is 327 g/mol. The number of carbonyl (C=O) groups is 2. The maximum atomic E-state index is 12.4. The predicted octanol–water partition coefficient (Wildman–Crippen LogP) is 0.253. The fraction of sp³-hybridized carbons (Fsp3) is 0.467. The van der Waals surface area contributed by atoms with Crippen molar-refractivity contribution in [1.29, 1.82) is 0 Å². The number of benzene rings is 1. The lowest BCUT2D eigenvalue weighted by Crippen LogP contribution is -2.60. The number of aliphatic hydroxyl groups is 2. The van der Waals surface area contributed by atoms with Crippen molar-refractivity contribution in [3.05, 3.63) is 34.9 Å². The second-order valence-electron chi connectivity index (χ2n) is 5.34. The highest BCUT2D eigenvalue weighted by Crippen LogP contribution is 2.20. The van der Waals surface area contributed by atoms with E-state index in [0.29, 0.717) is 5.02 Å². The van der Waals surface area contributed by atoms with Crippen LogP contribution in [0.5, 0.6) is 0 Å². The first-order valence-electron chi connectivity index (χ1n) is 7.04. The van der Waals surface area contributed by atoms with Gasteiger partial charge < -0.3 is 20.0 Å². The van der Waals surface area contributed by atoms with Crippen molar-refractivity contribution >= 4 is 23.4 Å². The number of rotatable bonds is 5. The molecule has 2 rings (SSSR count). The molecule has 0 aliphatic carbocycles. The Hall–Kier alpha value is -1.63. The number of hydrogen-bond donors (Lipinski definition) is 2. The minimum absolute atomic E-state index is 0.0534. The summed E-state index contributed by atoms with van der Waals surface area (Å²) < 4.78 is 0. The zero-order chi connectivity index (χ0) is 16.3. The van der Waals surface area contributed by atoms with Crippen LogP contribution in [-0.2, 0) is 16.1 Å². The standard InChI is InChI=1S/C15H19ClN2O4/c1-10-15(22)17(6-11-4-2-3-5-13(11)16)8-14(21)18(10)7-12(20)9-19/h2-5,10,12,19-20H,6-9H2,1H3/t10-,12-/m0/s1. The Bertz CT molecular complexity index is 566. The number of β-amino-alcohol motifs (C(OH)–C–C–N with tert-alkyl or cyclic N) is 1. The van der Waals surface area contributed by atoms with Crippen LogP contribution in [0.15, 0.2) is 24.3 Å². The molecule has 1 aliphatic heterocycles. The van der Waals surface area contributed by atoms with Crippen LogP contribution in [0.1, 0.15) is 12.5 Å². The zero-order valence-corrected chi connectivity index (χ0v) is 13.0. The molecule has 0 spiro atoms. The van der Waals surface area contributed by atoms with Crippen molar-refractivity contribution < 1.29 is 19.8 Å². The van der Waals surface area contributed by atoms with Gasteiger partial charge in [-0.2, -0.15) is 0 Å². The normalized spacial score (nSPS) is 20.5. The summed E-state index contributed by atoms with van der Waals surface area (Å²) in [5.74, 6) is -0.462. The van der Waals surface area contributed by atoms with Crippen molar-refractivity contribution in [3.8, 4) is 0 Å². The van der Waals surface area contributed by atoms with Crippen molar-refractivity contribution in [3.63, 3.8) is 0 Å². The summed E-state index contributed by atoms with van der Waals surface area (Å²) >= 11 is 6.09. The second-order valence-corrected chi connectivity index (χ2v) is 5.75. The first-order chi connectivity index (χ1) is 10.4. The molecule has 2 N–H and O–H groups in total. The van der Waals surface area contributed by atoms with Crippen LogP contribution in [0, 0.1) is 0 Å². The van der Waals surface area contributed by atoms with Crippen LogP contribution in [0.25, 0.3) is 0 Å². The summed E-state index contributed by atoms with van der Waals surface area (Å²) in [4.78, 5) is 27.4. The quantitative estimate of drug-likeness (QED) is 0.813. The van der Waals surface area contributed by atoms with E-state index in [1.165, 1.54) is 9.80 Å². The van der Waals surface area contributed by atoms with E-state index in [9.17, 15) is 14.7 Å². The molecular weight excluding hydrogens is 308 g/mol. The van der Waals surface area contributed by atoms with Crippen LogP contribution in [0.4, 0.5) is 0 Å². The minimum atomic E-state index is -1.05. The molecule has 1 aliphatic rings. The fourth-order valence-corrected chi connectivity index (χ4v) is 2.65. The van der Waals surface area contributed by atoms with Gasteiger partial charge in [0.25, 0.3) is 0 Å². The average Bonchev–Trinajstić information content (AvgIpc) is 2.50.